The van der Waals surface area contributed by atoms with Gasteiger partial charge in [0, 0.05) is 30.2 Å². The highest BCUT2D eigenvalue weighted by Crippen LogP contribution is 2.22. The highest BCUT2D eigenvalue weighted by Gasteiger charge is 2.12. The van der Waals surface area contributed by atoms with E-state index in [0.717, 1.165) is 5.56 Å². The molecule has 0 saturated heterocycles. The van der Waals surface area contributed by atoms with Crippen molar-refractivity contribution in [2.24, 2.45) is 0 Å². The summed E-state index contributed by atoms with van der Waals surface area (Å²) in [7, 11) is 1.55. The molecule has 0 aliphatic carbocycles. The molecule has 0 aliphatic heterocycles. The van der Waals surface area contributed by atoms with Crippen LogP contribution in [0.25, 0.3) is 0 Å². The summed E-state index contributed by atoms with van der Waals surface area (Å²) < 4.78 is 5.21. The Kier molecular flexibility index (Phi) is 6.90. The molecule has 1 aromatic carbocycles. The van der Waals surface area contributed by atoms with Gasteiger partial charge in [0.15, 0.2) is 0 Å². The number of halogens is 1. The summed E-state index contributed by atoms with van der Waals surface area (Å²) in [6, 6.07) is 4.96. The van der Waals surface area contributed by atoms with E-state index in [1.54, 1.807) is 31.4 Å². The molecule has 110 valence electrons. The van der Waals surface area contributed by atoms with Crippen LogP contribution in [0, 0.1) is 0 Å². The van der Waals surface area contributed by atoms with Crippen molar-refractivity contribution >= 4 is 17.6 Å². The lowest BCUT2D eigenvalue weighted by molar-refractivity contribution is 0.183. The van der Waals surface area contributed by atoms with Crippen LogP contribution in [-0.2, 0) is 6.54 Å². The summed E-state index contributed by atoms with van der Waals surface area (Å²) in [4.78, 5) is 13.4. The lowest BCUT2D eigenvalue weighted by Gasteiger charge is -2.20. The first-order chi connectivity index (χ1) is 9.62. The summed E-state index contributed by atoms with van der Waals surface area (Å²) >= 11 is 5.88. The zero-order chi connectivity index (χ0) is 15.0. The molecule has 0 heterocycles. The average Bonchev–Trinajstić information content (AvgIpc) is 2.45. The predicted octanol–water partition coefficient (Wildman–Crippen LogP) is 2.04. The van der Waals surface area contributed by atoms with Crippen molar-refractivity contribution in [2.45, 2.75) is 6.54 Å². The van der Waals surface area contributed by atoms with E-state index >= 15 is 0 Å². The number of nitrogens with zero attached hydrogens (tertiary/aromatic N) is 1. The zero-order valence-electron chi connectivity index (χ0n) is 11.4. The maximum Gasteiger partial charge on any atom is 0.318 e. The normalized spacial score (nSPS) is 9.95. The number of amides is 2. The van der Waals surface area contributed by atoms with E-state index < -0.39 is 0 Å². The molecule has 0 atom stereocenters. The number of hydrogen-bond donors (Lipinski definition) is 2. The van der Waals surface area contributed by atoms with Gasteiger partial charge in [-0.2, -0.15) is 0 Å². The molecule has 5 nitrogen and oxygen atoms in total. The van der Waals surface area contributed by atoms with Crippen LogP contribution in [0.4, 0.5) is 4.79 Å². The number of carbonyl (C=O) groups excluding carboxylic acids is 1. The quantitative estimate of drug-likeness (QED) is 0.757. The highest BCUT2D eigenvalue weighted by atomic mass is 35.5. The number of benzene rings is 1. The Labute approximate surface area is 123 Å². The summed E-state index contributed by atoms with van der Waals surface area (Å²) in [5.74, 6) is 0.621. The van der Waals surface area contributed by atoms with E-state index in [1.165, 1.54) is 4.90 Å². The SMILES string of the molecule is C=CCN(CCO)C(=O)NCc1ccc(Cl)cc1OC. The van der Waals surface area contributed by atoms with Gasteiger partial charge < -0.3 is 20.1 Å². The zero-order valence-corrected chi connectivity index (χ0v) is 12.2. The molecule has 0 aromatic heterocycles. The summed E-state index contributed by atoms with van der Waals surface area (Å²) in [5.41, 5.74) is 0.827. The van der Waals surface area contributed by atoms with Gasteiger partial charge in [0.2, 0.25) is 0 Å². The number of carbonyl (C=O) groups is 1. The largest absolute Gasteiger partial charge is 0.496 e. The van der Waals surface area contributed by atoms with Gasteiger partial charge in [-0.3, -0.25) is 0 Å². The molecule has 0 aliphatic rings. The minimum atomic E-state index is -0.268. The number of nitrogens with one attached hydrogen (secondary N) is 1. The molecule has 6 heteroatoms. The fourth-order valence-electron chi connectivity index (χ4n) is 1.70. The fraction of sp³-hybridized carbons (Fsp3) is 0.357. The monoisotopic (exact) mass is 298 g/mol. The number of urea groups is 1. The van der Waals surface area contributed by atoms with Crippen molar-refractivity contribution in [2.75, 3.05) is 26.8 Å². The molecule has 0 fully saturated rings. The van der Waals surface area contributed by atoms with Gasteiger partial charge >= 0.3 is 6.03 Å². The molecule has 0 saturated carbocycles. The molecule has 1 rings (SSSR count). The van der Waals surface area contributed by atoms with Crippen LogP contribution >= 0.6 is 11.6 Å². The minimum absolute atomic E-state index is 0.0917. The fourth-order valence-corrected chi connectivity index (χ4v) is 1.86. The molecule has 0 spiro atoms. The van der Waals surface area contributed by atoms with E-state index in [4.69, 9.17) is 21.4 Å². The minimum Gasteiger partial charge on any atom is -0.496 e. The molecule has 0 unspecified atom stereocenters. The van der Waals surface area contributed by atoms with E-state index in [9.17, 15) is 4.79 Å². The van der Waals surface area contributed by atoms with Crippen molar-refractivity contribution in [3.63, 3.8) is 0 Å². The van der Waals surface area contributed by atoms with Crippen molar-refractivity contribution in [3.8, 4) is 5.75 Å². The van der Waals surface area contributed by atoms with Crippen molar-refractivity contribution < 1.29 is 14.6 Å². The lowest BCUT2D eigenvalue weighted by atomic mass is 10.2. The van der Waals surface area contributed by atoms with Crippen LogP contribution in [0.5, 0.6) is 5.75 Å². The van der Waals surface area contributed by atoms with Crippen molar-refractivity contribution in [1.82, 2.24) is 10.2 Å². The lowest BCUT2D eigenvalue weighted by Crippen LogP contribution is -2.41. The van der Waals surface area contributed by atoms with Gasteiger partial charge in [-0.25, -0.2) is 4.79 Å². The van der Waals surface area contributed by atoms with Crippen LogP contribution in [0.15, 0.2) is 30.9 Å². The van der Waals surface area contributed by atoms with Gasteiger partial charge in [-0.05, 0) is 12.1 Å². The Bertz CT molecular complexity index is 466. The van der Waals surface area contributed by atoms with E-state index in [1.807, 2.05) is 0 Å². The van der Waals surface area contributed by atoms with Crippen LogP contribution in [0.3, 0.4) is 0 Å². The standard InChI is InChI=1S/C14H19ClN2O3/c1-3-6-17(7-8-18)14(19)16-10-11-4-5-12(15)9-13(11)20-2/h3-5,9,18H,1,6-8,10H2,2H3,(H,16,19). The Hall–Kier alpha value is -1.72. The molecule has 0 radical (unpaired) electrons. The number of hydrogen-bond acceptors (Lipinski definition) is 3. The van der Waals surface area contributed by atoms with Crippen LogP contribution in [-0.4, -0.2) is 42.8 Å². The van der Waals surface area contributed by atoms with Gasteiger partial charge in [0.25, 0.3) is 0 Å². The van der Waals surface area contributed by atoms with E-state index in [2.05, 4.69) is 11.9 Å². The first kappa shape index (κ1) is 16.3. The van der Waals surface area contributed by atoms with Crippen LogP contribution in [0.1, 0.15) is 5.56 Å². The van der Waals surface area contributed by atoms with E-state index in [0.29, 0.717) is 23.9 Å². The molecule has 1 aromatic rings. The molecule has 20 heavy (non-hydrogen) atoms. The maximum absolute atomic E-state index is 12.0. The third-order valence-corrected chi connectivity index (χ3v) is 2.92. The van der Waals surface area contributed by atoms with Gasteiger partial charge in [-0.15, -0.1) is 6.58 Å². The number of ether oxygens (including phenoxy) is 1. The predicted molar refractivity (Wildman–Crippen MR) is 79.1 cm³/mol. The molecule has 0 bridgehead atoms. The smallest absolute Gasteiger partial charge is 0.318 e. The first-order valence-corrected chi connectivity index (χ1v) is 6.57. The van der Waals surface area contributed by atoms with Crippen LogP contribution in [0.2, 0.25) is 5.02 Å². The number of aliphatic hydroxyl groups excluding tert-OH is 1. The highest BCUT2D eigenvalue weighted by molar-refractivity contribution is 6.30. The Morgan fingerprint density at radius 3 is 2.95 bits per heavy atom. The number of rotatable bonds is 7. The first-order valence-electron chi connectivity index (χ1n) is 6.19. The summed E-state index contributed by atoms with van der Waals surface area (Å²) in [5, 5.41) is 12.3. The van der Waals surface area contributed by atoms with Gasteiger partial charge in [-0.1, -0.05) is 23.7 Å². The van der Waals surface area contributed by atoms with Crippen molar-refractivity contribution in [1.29, 1.82) is 0 Å². The molecule has 2 amide bonds. The Balaban J connectivity index is 2.65. The van der Waals surface area contributed by atoms with Crippen LogP contribution < -0.4 is 10.1 Å². The maximum atomic E-state index is 12.0. The topological polar surface area (TPSA) is 61.8 Å². The third-order valence-electron chi connectivity index (χ3n) is 2.69. The summed E-state index contributed by atoms with van der Waals surface area (Å²) in [6.45, 7) is 4.45. The summed E-state index contributed by atoms with van der Waals surface area (Å²) in [6.07, 6.45) is 1.61. The van der Waals surface area contributed by atoms with Gasteiger partial charge in [0.1, 0.15) is 5.75 Å². The molecular formula is C14H19ClN2O3. The molecular weight excluding hydrogens is 280 g/mol. The Morgan fingerprint density at radius 1 is 1.60 bits per heavy atom. The second kappa shape index (κ2) is 8.45. The second-order valence-corrected chi connectivity index (χ2v) is 4.51. The average molecular weight is 299 g/mol. The number of methoxy groups -OCH3 is 1. The Morgan fingerprint density at radius 2 is 2.35 bits per heavy atom. The van der Waals surface area contributed by atoms with Gasteiger partial charge in [0.05, 0.1) is 13.7 Å². The molecule has 2 N–H and O–H groups in total. The third kappa shape index (κ3) is 4.75. The van der Waals surface area contributed by atoms with E-state index in [-0.39, 0.29) is 19.2 Å². The van der Waals surface area contributed by atoms with Crippen molar-refractivity contribution in [3.05, 3.63) is 41.4 Å². The number of aliphatic hydroxyl groups is 1. The second-order valence-electron chi connectivity index (χ2n) is 4.07.